The first-order valence-corrected chi connectivity index (χ1v) is 5.43. The molecule has 0 aromatic rings. The lowest BCUT2D eigenvalue weighted by Crippen LogP contribution is -2.24. The van der Waals surface area contributed by atoms with Crippen molar-refractivity contribution in [1.82, 2.24) is 0 Å². The molecule has 0 saturated carbocycles. The highest BCUT2D eigenvalue weighted by Gasteiger charge is 2.24. The molecule has 0 aliphatic carbocycles. The molecule has 6 nitrogen and oxygen atoms in total. The molecule has 0 heterocycles. The zero-order valence-corrected chi connectivity index (χ0v) is 11.6. The molecule has 0 radical (unpaired) electrons. The third kappa shape index (κ3) is 18.6. The first-order chi connectivity index (χ1) is 8.77. The minimum absolute atomic E-state index is 0.0509. The third-order valence-corrected chi connectivity index (χ3v) is 1.48. The van der Waals surface area contributed by atoms with Crippen LogP contribution in [0, 0.1) is 0 Å². The summed E-state index contributed by atoms with van der Waals surface area (Å²) < 4.78 is 34.8. The first-order valence-electron chi connectivity index (χ1n) is 5.43. The molecule has 0 aliphatic rings. The van der Waals surface area contributed by atoms with Crippen LogP contribution in [-0.4, -0.2) is 51.2 Å². The quantitative estimate of drug-likeness (QED) is 0.732. The molecular formula is C11H19F3O6. The fourth-order valence-electron chi connectivity index (χ4n) is 0.175. The van der Waals surface area contributed by atoms with E-state index < -0.39 is 35.9 Å². The van der Waals surface area contributed by atoms with Gasteiger partial charge in [0.25, 0.3) is 0 Å². The van der Waals surface area contributed by atoms with Crippen molar-refractivity contribution >= 4 is 17.9 Å². The van der Waals surface area contributed by atoms with Crippen LogP contribution < -0.4 is 0 Å². The van der Waals surface area contributed by atoms with Gasteiger partial charge in [-0.25, -0.2) is 27.6 Å². The Labute approximate surface area is 114 Å². The van der Waals surface area contributed by atoms with Crippen LogP contribution in [0.1, 0.15) is 34.1 Å². The van der Waals surface area contributed by atoms with Crippen molar-refractivity contribution < 1.29 is 42.9 Å². The summed E-state index contributed by atoms with van der Waals surface area (Å²) in [6.07, 6.45) is -3.36. The van der Waals surface area contributed by atoms with Gasteiger partial charge in [0, 0.05) is 0 Å². The maximum absolute atomic E-state index is 11.9. The van der Waals surface area contributed by atoms with E-state index in [4.69, 9.17) is 15.3 Å². The van der Waals surface area contributed by atoms with Crippen molar-refractivity contribution in [1.29, 1.82) is 0 Å². The van der Waals surface area contributed by atoms with E-state index in [1.54, 1.807) is 0 Å². The number of carboxylic acids is 3. The van der Waals surface area contributed by atoms with Gasteiger partial charge in [-0.3, -0.25) is 0 Å². The molecule has 0 fully saturated rings. The van der Waals surface area contributed by atoms with Crippen LogP contribution in [0.4, 0.5) is 13.2 Å². The fourth-order valence-corrected chi connectivity index (χ4v) is 0.175. The van der Waals surface area contributed by atoms with Crippen LogP contribution in [0.25, 0.3) is 0 Å². The molecule has 0 bridgehead atoms. The molecule has 0 amide bonds. The van der Waals surface area contributed by atoms with E-state index in [-0.39, 0.29) is 6.42 Å². The van der Waals surface area contributed by atoms with E-state index in [0.29, 0.717) is 0 Å². The van der Waals surface area contributed by atoms with Gasteiger partial charge >= 0.3 is 17.9 Å². The van der Waals surface area contributed by atoms with E-state index in [2.05, 4.69) is 0 Å². The minimum atomic E-state index is -2.08. The van der Waals surface area contributed by atoms with Crippen molar-refractivity contribution in [3.8, 4) is 0 Å². The first kappa shape index (κ1) is 23.3. The summed E-state index contributed by atoms with van der Waals surface area (Å²) in [4.78, 5) is 28.5. The highest BCUT2D eigenvalue weighted by molar-refractivity contribution is 5.75. The molecule has 20 heavy (non-hydrogen) atoms. The lowest BCUT2D eigenvalue weighted by atomic mass is 10.2. The van der Waals surface area contributed by atoms with Crippen molar-refractivity contribution in [2.45, 2.75) is 52.1 Å². The van der Waals surface area contributed by atoms with Gasteiger partial charge < -0.3 is 15.3 Å². The van der Waals surface area contributed by atoms with Crippen molar-refractivity contribution in [2.24, 2.45) is 0 Å². The van der Waals surface area contributed by atoms with Gasteiger partial charge in [0.05, 0.1) is 0 Å². The van der Waals surface area contributed by atoms with E-state index in [1.807, 2.05) is 0 Å². The molecule has 2 unspecified atom stereocenters. The van der Waals surface area contributed by atoms with Crippen LogP contribution in [0.3, 0.4) is 0 Å². The van der Waals surface area contributed by atoms with Gasteiger partial charge in [0.15, 0.2) is 12.3 Å². The summed E-state index contributed by atoms with van der Waals surface area (Å²) in [7, 11) is 0. The van der Waals surface area contributed by atoms with Crippen molar-refractivity contribution in [2.75, 3.05) is 0 Å². The van der Waals surface area contributed by atoms with Gasteiger partial charge in [-0.15, -0.1) is 0 Å². The summed E-state index contributed by atoms with van der Waals surface area (Å²) in [6.45, 7) is 4.45. The number of halogens is 3. The molecule has 0 spiro atoms. The Morgan fingerprint density at radius 2 is 1.30 bits per heavy atom. The predicted molar refractivity (Wildman–Crippen MR) is 63.9 cm³/mol. The number of hydrogen-bond donors (Lipinski definition) is 3. The summed E-state index contributed by atoms with van der Waals surface area (Å²) >= 11 is 0. The Balaban J connectivity index is -0.000000218. The average molecular weight is 301 g/mol. The number of carbonyl (C=O) groups is 3. The maximum Gasteiger partial charge on any atom is 0.340 e. The monoisotopic (exact) mass is 301 g/mol. The number of alkyl halides is 3. The lowest BCUT2D eigenvalue weighted by molar-refractivity contribution is -0.148. The Morgan fingerprint density at radius 3 is 1.30 bits per heavy atom. The Hall–Kier alpha value is -1.80. The number of carboxylic acid groups (broad SMARTS) is 3. The van der Waals surface area contributed by atoms with Crippen LogP contribution in [-0.2, 0) is 14.4 Å². The standard InChI is InChI=1S/2C4H7FO2.C3H5FO2/c1-4(2,5)3(6)7;1-2-3(5)4(6)7;1-2(4)3(5)6/h1-2H3,(H,6,7);3H,2H2,1H3,(H,6,7);2H,1H3,(H,5,6)/i2*5-1;4-1. The van der Waals surface area contributed by atoms with E-state index in [1.165, 1.54) is 6.92 Å². The molecule has 0 saturated heterocycles. The molecule has 0 rings (SSSR count). The highest BCUT2D eigenvalue weighted by Crippen LogP contribution is 2.06. The molecule has 2 atom stereocenters. The predicted octanol–water partition coefficient (Wildman–Crippen LogP) is 2.07. The van der Waals surface area contributed by atoms with E-state index in [0.717, 1.165) is 20.8 Å². The zero-order chi connectivity index (χ0) is 17.1. The second-order valence-electron chi connectivity index (χ2n) is 3.95. The summed E-state index contributed by atoms with van der Waals surface area (Å²) in [5.41, 5.74) is -2.08. The minimum Gasteiger partial charge on any atom is -0.479 e. The molecule has 0 aromatic heterocycles. The van der Waals surface area contributed by atoms with Gasteiger partial charge in [0.1, 0.15) is 0 Å². The average Bonchev–Trinajstić information content (AvgIpc) is 2.27. The second-order valence-corrected chi connectivity index (χ2v) is 3.95. The highest BCUT2D eigenvalue weighted by atomic mass is 18.2. The molecule has 120 valence electrons. The van der Waals surface area contributed by atoms with E-state index >= 15 is 0 Å². The Kier molecular flexibility index (Phi) is 12.9. The topological polar surface area (TPSA) is 112 Å². The number of rotatable bonds is 4. The second kappa shape index (κ2) is 11.1. The molecule has 9 heteroatoms. The number of aliphatic carboxylic acids is 3. The summed E-state index contributed by atoms with van der Waals surface area (Å²) in [5.74, 6) is -4.20. The molecular weight excluding hydrogens is 282 g/mol. The maximum atomic E-state index is 11.9. The van der Waals surface area contributed by atoms with Gasteiger partial charge in [-0.2, -0.15) is 0 Å². The normalized spacial score (nSPS) is 12.8. The smallest absolute Gasteiger partial charge is 0.340 e. The third-order valence-electron chi connectivity index (χ3n) is 1.48. The van der Waals surface area contributed by atoms with Crippen LogP contribution in [0.5, 0.6) is 0 Å². The van der Waals surface area contributed by atoms with Crippen LogP contribution in [0.15, 0.2) is 0 Å². The molecule has 3 N–H and O–H groups in total. The fraction of sp³-hybridized carbons (Fsp3) is 0.727. The molecule has 0 aliphatic heterocycles. The summed E-state index contributed by atoms with van der Waals surface area (Å²) in [5, 5.41) is 23.3. The van der Waals surface area contributed by atoms with Gasteiger partial charge in [0.2, 0.25) is 5.67 Å². The number of hydrogen-bond acceptors (Lipinski definition) is 3. The van der Waals surface area contributed by atoms with Crippen molar-refractivity contribution in [3.05, 3.63) is 0 Å². The zero-order valence-electron chi connectivity index (χ0n) is 11.6. The summed E-state index contributed by atoms with van der Waals surface area (Å²) in [6, 6.07) is 0. The lowest BCUT2D eigenvalue weighted by Gasteiger charge is -2.03. The van der Waals surface area contributed by atoms with Crippen LogP contribution >= 0.6 is 0 Å². The Bertz CT molecular complexity index is 312. The van der Waals surface area contributed by atoms with Crippen molar-refractivity contribution in [3.63, 3.8) is 0 Å². The SMILES string of the molecule is CC(C)([18F])C(=O)O.CC([18F])C(=O)O.CCC([18F])C(=O)O. The molecule has 0 aromatic carbocycles. The van der Waals surface area contributed by atoms with Gasteiger partial charge in [-0.05, 0) is 27.2 Å². The van der Waals surface area contributed by atoms with E-state index in [9.17, 15) is 27.6 Å². The van der Waals surface area contributed by atoms with Gasteiger partial charge in [-0.1, -0.05) is 6.92 Å². The largest absolute Gasteiger partial charge is 0.479 e. The van der Waals surface area contributed by atoms with Crippen LogP contribution in [0.2, 0.25) is 0 Å². The Morgan fingerprint density at radius 1 is 1.05 bits per heavy atom.